The number of imidazole rings is 1. The molecule has 1 aliphatic rings. The number of carbonyl (C=O) groups is 7. The summed E-state index contributed by atoms with van der Waals surface area (Å²) in [5.41, 5.74) is 1.12. The van der Waals surface area contributed by atoms with E-state index in [4.69, 9.17) is 18.9 Å². The van der Waals surface area contributed by atoms with Crippen LogP contribution in [0, 0.1) is 0 Å². The molecule has 0 radical (unpaired) electrons. The monoisotopic (exact) mass is 951 g/mol. The molecule has 2 heterocycles. The van der Waals surface area contributed by atoms with Crippen LogP contribution < -0.4 is 26.0 Å². The highest BCUT2D eigenvalue weighted by atomic mass is 16.6. The van der Waals surface area contributed by atoms with E-state index in [1.54, 1.807) is 114 Å². The minimum Gasteiger partial charge on any atom is -0.489 e. The van der Waals surface area contributed by atoms with Gasteiger partial charge < -0.3 is 49.7 Å². The summed E-state index contributed by atoms with van der Waals surface area (Å²) in [6.07, 6.45) is 2.29. The molecule has 1 saturated heterocycles. The van der Waals surface area contributed by atoms with Crippen LogP contribution in [-0.4, -0.2) is 111 Å². The van der Waals surface area contributed by atoms with E-state index < -0.39 is 89.5 Å². The number of amides is 5. The van der Waals surface area contributed by atoms with Gasteiger partial charge in [0.05, 0.1) is 19.9 Å². The molecule has 370 valence electrons. The normalized spacial score (nSPS) is 15.4. The highest BCUT2D eigenvalue weighted by Crippen LogP contribution is 2.22. The number of hydrogen-bond donors (Lipinski definition) is 4. The maximum absolute atomic E-state index is 14.5. The Bertz CT molecular complexity index is 2380. The maximum Gasteiger partial charge on any atom is 0.408 e. The fourth-order valence-electron chi connectivity index (χ4n) is 7.61. The summed E-state index contributed by atoms with van der Waals surface area (Å²) < 4.78 is 23.7. The third-order valence-electron chi connectivity index (χ3n) is 10.9. The van der Waals surface area contributed by atoms with E-state index in [1.165, 1.54) is 12.0 Å². The van der Waals surface area contributed by atoms with Crippen molar-refractivity contribution in [3.05, 3.63) is 120 Å². The van der Waals surface area contributed by atoms with Gasteiger partial charge in [0.2, 0.25) is 23.6 Å². The van der Waals surface area contributed by atoms with Gasteiger partial charge in [-0.3, -0.25) is 24.0 Å². The van der Waals surface area contributed by atoms with Crippen molar-refractivity contribution < 1.29 is 52.5 Å². The van der Waals surface area contributed by atoms with Crippen molar-refractivity contribution in [2.24, 2.45) is 7.05 Å². The second-order valence-electron chi connectivity index (χ2n) is 18.9. The molecule has 0 saturated carbocycles. The van der Waals surface area contributed by atoms with E-state index in [-0.39, 0.29) is 32.2 Å². The number of carbonyl (C=O) groups excluding carboxylic acids is 7. The Balaban J connectivity index is 1.41. The van der Waals surface area contributed by atoms with Gasteiger partial charge in [-0.2, -0.15) is 0 Å². The Kier molecular flexibility index (Phi) is 18.5. The Morgan fingerprint density at radius 2 is 1.26 bits per heavy atom. The van der Waals surface area contributed by atoms with E-state index in [0.29, 0.717) is 30.0 Å². The summed E-state index contributed by atoms with van der Waals surface area (Å²) in [6.45, 7) is 10.5. The lowest BCUT2D eigenvalue weighted by Crippen LogP contribution is -2.59. The van der Waals surface area contributed by atoms with Gasteiger partial charge in [-0.25, -0.2) is 14.6 Å². The van der Waals surface area contributed by atoms with Gasteiger partial charge in [0, 0.05) is 44.7 Å². The topological polar surface area (TPSA) is 226 Å². The number of methoxy groups -OCH3 is 1. The van der Waals surface area contributed by atoms with Crippen molar-refractivity contribution in [2.45, 2.75) is 128 Å². The first-order chi connectivity index (χ1) is 32.7. The van der Waals surface area contributed by atoms with Crippen LogP contribution in [-0.2, 0) is 75.9 Å². The largest absolute Gasteiger partial charge is 0.489 e. The number of hydrogen-bond acceptors (Lipinski definition) is 12. The number of nitrogens with zero attached hydrogens (tertiary/aromatic N) is 3. The van der Waals surface area contributed by atoms with Crippen molar-refractivity contribution in [1.29, 1.82) is 0 Å². The lowest BCUT2D eigenvalue weighted by Gasteiger charge is -2.31. The summed E-state index contributed by atoms with van der Waals surface area (Å²) in [7, 11) is 2.95. The van der Waals surface area contributed by atoms with Crippen molar-refractivity contribution in [3.63, 3.8) is 0 Å². The van der Waals surface area contributed by atoms with Gasteiger partial charge in [0.1, 0.15) is 53.8 Å². The average Bonchev–Trinajstić information content (AvgIpc) is 3.96. The smallest absolute Gasteiger partial charge is 0.408 e. The molecule has 5 amide bonds. The van der Waals surface area contributed by atoms with Crippen LogP contribution >= 0.6 is 0 Å². The zero-order chi connectivity index (χ0) is 50.3. The van der Waals surface area contributed by atoms with E-state index in [9.17, 15) is 33.6 Å². The molecule has 0 aliphatic carbocycles. The first-order valence-corrected chi connectivity index (χ1v) is 22.9. The zero-order valence-electron chi connectivity index (χ0n) is 40.6. The van der Waals surface area contributed by atoms with Gasteiger partial charge in [0.25, 0.3) is 0 Å². The number of aryl methyl sites for hydroxylation is 1. The lowest BCUT2D eigenvalue weighted by atomic mass is 10.0. The van der Waals surface area contributed by atoms with Gasteiger partial charge in [0.15, 0.2) is 0 Å². The molecule has 3 aromatic carbocycles. The fraction of sp³-hybridized carbons (Fsp3) is 0.451. The summed E-state index contributed by atoms with van der Waals surface area (Å²) >= 11 is 0. The molecule has 1 aliphatic heterocycles. The van der Waals surface area contributed by atoms with Crippen LogP contribution in [0.3, 0.4) is 0 Å². The minimum atomic E-state index is -1.60. The Morgan fingerprint density at radius 1 is 0.681 bits per heavy atom. The van der Waals surface area contributed by atoms with Crippen LogP contribution in [0.4, 0.5) is 4.79 Å². The fourth-order valence-corrected chi connectivity index (χ4v) is 7.61. The van der Waals surface area contributed by atoms with Crippen LogP contribution in [0.15, 0.2) is 97.5 Å². The van der Waals surface area contributed by atoms with Crippen molar-refractivity contribution >= 4 is 41.7 Å². The average molecular weight is 952 g/mol. The number of esters is 2. The van der Waals surface area contributed by atoms with Gasteiger partial charge in [-0.05, 0) is 83.2 Å². The third kappa shape index (κ3) is 16.8. The van der Waals surface area contributed by atoms with Gasteiger partial charge >= 0.3 is 18.0 Å². The van der Waals surface area contributed by atoms with Gasteiger partial charge in [-0.15, -0.1) is 0 Å². The number of likely N-dealkylation sites (tertiary alicyclic amines) is 1. The third-order valence-corrected chi connectivity index (χ3v) is 10.9. The molecule has 4 N–H and O–H groups in total. The quantitative estimate of drug-likeness (QED) is 0.0720. The highest BCUT2D eigenvalue weighted by Gasteiger charge is 2.41. The predicted molar refractivity (Wildman–Crippen MR) is 254 cm³/mol. The molecule has 69 heavy (non-hydrogen) atoms. The van der Waals surface area contributed by atoms with Crippen molar-refractivity contribution in [1.82, 2.24) is 35.7 Å². The molecule has 1 aromatic heterocycles. The second kappa shape index (κ2) is 24.2. The maximum atomic E-state index is 14.5. The zero-order valence-corrected chi connectivity index (χ0v) is 40.6. The Hall–Kier alpha value is -7.24. The molecule has 0 bridgehead atoms. The number of rotatable bonds is 20. The molecule has 18 nitrogen and oxygen atoms in total. The molecular formula is C51H65N7O11. The number of nitrogens with one attached hydrogen (secondary N) is 4. The predicted octanol–water partition coefficient (Wildman–Crippen LogP) is 4.27. The standard InChI is InChI=1S/C51H65N7O11/c1-50(2,3)68-43(59)29-39(54-46(62)42-20-15-25-58(42)47(63)40(28-36-30-52-32-57(36)7)56-49(65)69-51(4,5)6)45(61)53-38(44(60)55-41(48(64)66-8)27-33-16-11-9-12-17-33)26-34-21-23-37(24-22-34)67-31-35-18-13-10-14-19-35/h9-14,16-19,21-24,30,32,38-42H,15,20,25-29,31H2,1-8H3,(H,53,61)(H,54,62)(H,55,60)(H,56,65)/t38-,39+,40-,41+,42+/m0/s1. The molecule has 1 fully saturated rings. The Morgan fingerprint density at radius 3 is 1.86 bits per heavy atom. The SMILES string of the molecule is COC(=O)[C@@H](Cc1ccccc1)NC(=O)[C@H](Cc1ccc(OCc2ccccc2)cc1)NC(=O)[C@@H](CC(=O)OC(C)(C)C)NC(=O)[C@H]1CCCN1C(=O)[C@H](Cc1cncn1C)NC(=O)OC(C)(C)C. The first-order valence-electron chi connectivity index (χ1n) is 22.9. The summed E-state index contributed by atoms with van der Waals surface area (Å²) in [5.74, 6) is -3.95. The molecule has 0 unspecified atom stereocenters. The summed E-state index contributed by atoms with van der Waals surface area (Å²) in [6, 6.07) is 19.2. The summed E-state index contributed by atoms with van der Waals surface area (Å²) in [5, 5.41) is 10.8. The van der Waals surface area contributed by atoms with Crippen LogP contribution in [0.5, 0.6) is 5.75 Å². The molecule has 5 rings (SSSR count). The van der Waals surface area contributed by atoms with E-state index in [1.807, 2.05) is 36.4 Å². The summed E-state index contributed by atoms with van der Waals surface area (Å²) in [4.78, 5) is 103. The van der Waals surface area contributed by atoms with E-state index >= 15 is 0 Å². The molecular weight excluding hydrogens is 887 g/mol. The number of aromatic nitrogens is 2. The first kappa shape index (κ1) is 52.7. The molecule has 4 aromatic rings. The van der Waals surface area contributed by atoms with Crippen LogP contribution in [0.25, 0.3) is 0 Å². The molecule has 18 heteroatoms. The van der Waals surface area contributed by atoms with Crippen molar-refractivity contribution in [3.8, 4) is 5.75 Å². The van der Waals surface area contributed by atoms with Gasteiger partial charge in [-0.1, -0.05) is 72.8 Å². The molecule has 0 spiro atoms. The minimum absolute atomic E-state index is 0.0260. The van der Waals surface area contributed by atoms with Crippen LogP contribution in [0.2, 0.25) is 0 Å². The second-order valence-corrected chi connectivity index (χ2v) is 18.9. The number of benzene rings is 3. The number of alkyl carbamates (subject to hydrolysis) is 1. The molecule has 5 atom stereocenters. The van der Waals surface area contributed by atoms with Crippen LogP contribution in [0.1, 0.15) is 83.2 Å². The number of ether oxygens (including phenoxy) is 4. The lowest BCUT2D eigenvalue weighted by molar-refractivity contribution is -0.157. The highest BCUT2D eigenvalue weighted by molar-refractivity contribution is 5.97. The van der Waals surface area contributed by atoms with E-state index in [2.05, 4.69) is 26.3 Å². The van der Waals surface area contributed by atoms with E-state index in [0.717, 1.165) is 11.1 Å². The van der Waals surface area contributed by atoms with Crippen molar-refractivity contribution in [2.75, 3.05) is 13.7 Å². The Labute approximate surface area is 403 Å².